The van der Waals surface area contributed by atoms with E-state index in [9.17, 15) is 4.79 Å². The first-order chi connectivity index (χ1) is 12.8. The summed E-state index contributed by atoms with van der Waals surface area (Å²) in [5, 5.41) is 8.55. The normalized spacial score (nSPS) is 21.9. The third-order valence-electron chi connectivity index (χ3n) is 5.30. The minimum Gasteiger partial charge on any atom is -0.456 e. The molecule has 0 saturated carbocycles. The van der Waals surface area contributed by atoms with Gasteiger partial charge in [0, 0.05) is 32.1 Å². The van der Waals surface area contributed by atoms with E-state index >= 15 is 0 Å². The van der Waals surface area contributed by atoms with E-state index in [1.54, 1.807) is 6.07 Å². The van der Waals surface area contributed by atoms with Gasteiger partial charge in [-0.1, -0.05) is 6.92 Å². The summed E-state index contributed by atoms with van der Waals surface area (Å²) in [6.07, 6.45) is 5.44. The largest absolute Gasteiger partial charge is 0.456 e. The Bertz CT molecular complexity index is 748. The number of carbonyl (C=O) groups is 1. The summed E-state index contributed by atoms with van der Waals surface area (Å²) >= 11 is 0. The number of ether oxygens (including phenoxy) is 1. The van der Waals surface area contributed by atoms with E-state index < -0.39 is 0 Å². The van der Waals surface area contributed by atoms with Crippen molar-refractivity contribution in [2.75, 3.05) is 19.8 Å². The van der Waals surface area contributed by atoms with Crippen LogP contribution in [0.1, 0.15) is 79.1 Å². The lowest BCUT2D eigenvalue weighted by molar-refractivity contribution is 0.0529. The fourth-order valence-corrected chi connectivity index (χ4v) is 3.75. The number of hydrogen-bond donors (Lipinski definition) is 0. The highest BCUT2D eigenvalue weighted by Crippen LogP contribution is 2.34. The summed E-state index contributed by atoms with van der Waals surface area (Å²) < 4.78 is 17.1. The lowest BCUT2D eigenvalue weighted by atomic mass is 10.0. The average molecular weight is 359 g/mol. The number of nitrogens with zero attached hydrogens (tertiary/aromatic N) is 3. The van der Waals surface area contributed by atoms with Gasteiger partial charge in [-0.2, -0.15) is 0 Å². The van der Waals surface area contributed by atoms with E-state index in [1.807, 2.05) is 17.9 Å². The predicted molar refractivity (Wildman–Crippen MR) is 92.8 cm³/mol. The predicted octanol–water partition coefficient (Wildman–Crippen LogP) is 3.49. The number of likely N-dealkylation sites (tertiary alicyclic amines) is 1. The van der Waals surface area contributed by atoms with Crippen LogP contribution in [-0.2, 0) is 11.2 Å². The molecule has 1 amide bonds. The number of aromatic nitrogens is 2. The molecule has 0 bridgehead atoms. The molecule has 2 saturated heterocycles. The number of carbonyl (C=O) groups excluding carboxylic acids is 1. The molecule has 4 heterocycles. The summed E-state index contributed by atoms with van der Waals surface area (Å²) in [7, 11) is 0. The highest BCUT2D eigenvalue weighted by atomic mass is 16.5. The molecular formula is C19H25N3O4. The van der Waals surface area contributed by atoms with E-state index in [4.69, 9.17) is 13.6 Å². The summed E-state index contributed by atoms with van der Waals surface area (Å²) in [4.78, 5) is 14.8. The molecule has 0 N–H and O–H groups in total. The highest BCUT2D eigenvalue weighted by molar-refractivity contribution is 5.91. The Labute approximate surface area is 152 Å². The number of amides is 1. The Morgan fingerprint density at radius 3 is 2.69 bits per heavy atom. The van der Waals surface area contributed by atoms with Crippen molar-refractivity contribution in [2.24, 2.45) is 0 Å². The average Bonchev–Trinajstić information content (AvgIpc) is 3.38. The Balaban J connectivity index is 1.53. The van der Waals surface area contributed by atoms with Gasteiger partial charge in [0.2, 0.25) is 11.8 Å². The second-order valence-corrected chi connectivity index (χ2v) is 6.99. The molecule has 7 nitrogen and oxygen atoms in total. The second-order valence-electron chi connectivity index (χ2n) is 6.99. The van der Waals surface area contributed by atoms with Crippen LogP contribution in [0.25, 0.3) is 0 Å². The topological polar surface area (TPSA) is 81.6 Å². The van der Waals surface area contributed by atoms with Crippen molar-refractivity contribution in [1.82, 2.24) is 15.1 Å². The first kappa shape index (κ1) is 17.3. The van der Waals surface area contributed by atoms with Gasteiger partial charge in [0.15, 0.2) is 5.76 Å². The van der Waals surface area contributed by atoms with Crippen LogP contribution in [0.3, 0.4) is 0 Å². The summed E-state index contributed by atoms with van der Waals surface area (Å²) in [5.74, 6) is 2.59. The van der Waals surface area contributed by atoms with Crippen LogP contribution in [0.2, 0.25) is 0 Å². The highest BCUT2D eigenvalue weighted by Gasteiger charge is 2.34. The molecule has 2 fully saturated rings. The van der Waals surface area contributed by atoms with Crippen LogP contribution in [0.15, 0.2) is 21.0 Å². The Morgan fingerprint density at radius 1 is 1.12 bits per heavy atom. The molecule has 26 heavy (non-hydrogen) atoms. The van der Waals surface area contributed by atoms with Gasteiger partial charge in [-0.15, -0.1) is 10.2 Å². The minimum absolute atomic E-state index is 0.0970. The maximum absolute atomic E-state index is 12.9. The summed E-state index contributed by atoms with van der Waals surface area (Å²) in [5.41, 5.74) is 0. The van der Waals surface area contributed by atoms with Crippen molar-refractivity contribution in [1.29, 1.82) is 0 Å². The Hall–Kier alpha value is -2.15. The molecule has 2 aromatic heterocycles. The van der Waals surface area contributed by atoms with Crippen molar-refractivity contribution in [3.8, 4) is 0 Å². The van der Waals surface area contributed by atoms with Crippen LogP contribution in [0.5, 0.6) is 0 Å². The number of hydrogen-bond acceptors (Lipinski definition) is 6. The van der Waals surface area contributed by atoms with Crippen molar-refractivity contribution >= 4 is 5.91 Å². The van der Waals surface area contributed by atoms with Crippen molar-refractivity contribution in [3.05, 3.63) is 35.4 Å². The van der Waals surface area contributed by atoms with Gasteiger partial charge in [-0.05, 0) is 44.2 Å². The van der Waals surface area contributed by atoms with Gasteiger partial charge in [-0.3, -0.25) is 4.79 Å². The molecule has 0 aromatic carbocycles. The molecule has 2 aliphatic heterocycles. The number of rotatable bonds is 4. The molecule has 1 unspecified atom stereocenters. The van der Waals surface area contributed by atoms with Crippen LogP contribution in [-0.4, -0.2) is 40.8 Å². The molecule has 7 heteroatoms. The molecule has 0 radical (unpaired) electrons. The van der Waals surface area contributed by atoms with Gasteiger partial charge in [0.05, 0.1) is 0 Å². The molecule has 0 spiro atoms. The lowest BCUT2D eigenvalue weighted by Gasteiger charge is -2.32. The number of furan rings is 1. The number of piperidine rings is 1. The molecule has 140 valence electrons. The quantitative estimate of drug-likeness (QED) is 0.831. The fraction of sp³-hybridized carbons (Fsp3) is 0.632. The van der Waals surface area contributed by atoms with Crippen LogP contribution >= 0.6 is 0 Å². The van der Waals surface area contributed by atoms with Crippen molar-refractivity contribution < 1.29 is 18.4 Å². The monoisotopic (exact) mass is 359 g/mol. The first-order valence-corrected chi connectivity index (χ1v) is 9.57. The van der Waals surface area contributed by atoms with Gasteiger partial charge >= 0.3 is 0 Å². The van der Waals surface area contributed by atoms with E-state index in [0.29, 0.717) is 24.1 Å². The van der Waals surface area contributed by atoms with E-state index in [1.165, 1.54) is 0 Å². The molecule has 2 aliphatic rings. The van der Waals surface area contributed by atoms with Crippen molar-refractivity contribution in [3.63, 3.8) is 0 Å². The van der Waals surface area contributed by atoms with Gasteiger partial charge in [0.25, 0.3) is 5.91 Å². The fourth-order valence-electron chi connectivity index (χ4n) is 3.75. The van der Waals surface area contributed by atoms with Crippen LogP contribution in [0, 0.1) is 0 Å². The van der Waals surface area contributed by atoms with Crippen molar-refractivity contribution in [2.45, 2.75) is 57.4 Å². The van der Waals surface area contributed by atoms with Gasteiger partial charge in [0.1, 0.15) is 11.8 Å². The van der Waals surface area contributed by atoms with E-state index in [2.05, 4.69) is 10.2 Å². The Morgan fingerprint density at radius 2 is 1.92 bits per heavy atom. The molecule has 4 rings (SSSR count). The third kappa shape index (κ3) is 3.40. The summed E-state index contributed by atoms with van der Waals surface area (Å²) in [6, 6.07) is 3.45. The van der Waals surface area contributed by atoms with E-state index in [-0.39, 0.29) is 17.9 Å². The zero-order valence-electron chi connectivity index (χ0n) is 15.1. The second kappa shape index (κ2) is 7.61. The van der Waals surface area contributed by atoms with Gasteiger partial charge < -0.3 is 18.5 Å². The lowest BCUT2D eigenvalue weighted by Crippen LogP contribution is -2.38. The maximum atomic E-state index is 12.9. The zero-order chi connectivity index (χ0) is 17.9. The number of aryl methyl sites for hydroxylation is 1. The smallest absolute Gasteiger partial charge is 0.290 e. The molecule has 0 aliphatic carbocycles. The molecular weight excluding hydrogens is 334 g/mol. The molecule has 2 aromatic rings. The van der Waals surface area contributed by atoms with E-state index in [0.717, 1.165) is 57.5 Å². The van der Waals surface area contributed by atoms with Crippen LogP contribution in [0.4, 0.5) is 0 Å². The summed E-state index contributed by atoms with van der Waals surface area (Å²) in [6.45, 7) is 4.15. The van der Waals surface area contributed by atoms with Gasteiger partial charge in [-0.25, -0.2) is 0 Å². The van der Waals surface area contributed by atoms with Crippen LogP contribution < -0.4 is 0 Å². The molecule has 1 atom stereocenters. The SMILES string of the molecule is CCc1ccc(C(=O)N2CCCCC2c2nnc(C3CCOCC3)o2)o1. The maximum Gasteiger partial charge on any atom is 0.290 e. The zero-order valence-corrected chi connectivity index (χ0v) is 15.1. The first-order valence-electron chi connectivity index (χ1n) is 9.57. The third-order valence-corrected chi connectivity index (χ3v) is 5.30. The minimum atomic E-state index is -0.174. The standard InChI is InChI=1S/C19H25N3O4/c1-2-14-6-7-16(25-14)19(23)22-10-4-3-5-15(22)18-21-20-17(26-18)13-8-11-24-12-9-13/h6-7,13,15H,2-5,8-12H2,1H3. The Kier molecular flexibility index (Phi) is 5.06.